The average Bonchev–Trinajstić information content (AvgIpc) is 2.89. The Labute approximate surface area is 184 Å². The topological polar surface area (TPSA) is 78.5 Å². The summed E-state index contributed by atoms with van der Waals surface area (Å²) < 4.78 is 0.948. The van der Waals surface area contributed by atoms with Crippen LogP contribution < -0.4 is 10.6 Å². The Morgan fingerprint density at radius 2 is 1.83 bits per heavy atom. The van der Waals surface area contributed by atoms with Gasteiger partial charge in [0.05, 0.1) is 5.54 Å². The van der Waals surface area contributed by atoms with Crippen LogP contribution in [0, 0.1) is 6.92 Å². The molecule has 156 valence electrons. The highest BCUT2D eigenvalue weighted by Gasteiger charge is 2.50. The number of urea groups is 1. The molecule has 1 atom stereocenters. The molecule has 1 unspecified atom stereocenters. The number of nitrogens with zero attached hydrogens (tertiary/aromatic N) is 1. The van der Waals surface area contributed by atoms with Gasteiger partial charge in [-0.3, -0.25) is 14.5 Å². The third kappa shape index (κ3) is 3.51. The Hall–Kier alpha value is -2.67. The summed E-state index contributed by atoms with van der Waals surface area (Å²) in [5.41, 5.74) is 1.16. The predicted octanol–water partition coefficient (Wildman–Crippen LogP) is 3.72. The number of halogens is 1. The van der Waals surface area contributed by atoms with Crippen LogP contribution in [0.3, 0.4) is 0 Å². The second-order valence-corrected chi connectivity index (χ2v) is 9.22. The third-order valence-corrected chi connectivity index (χ3v) is 6.66. The molecule has 6 nitrogen and oxygen atoms in total. The lowest BCUT2D eigenvalue weighted by Gasteiger charge is -2.43. The fraction of sp³-hybridized carbons (Fsp3) is 0.348. The van der Waals surface area contributed by atoms with E-state index in [1.807, 2.05) is 55.5 Å². The summed E-state index contributed by atoms with van der Waals surface area (Å²) in [7, 11) is 0. The van der Waals surface area contributed by atoms with Crippen LogP contribution in [0.25, 0.3) is 0 Å². The van der Waals surface area contributed by atoms with E-state index in [1.165, 1.54) is 0 Å². The molecule has 2 N–H and O–H groups in total. The summed E-state index contributed by atoms with van der Waals surface area (Å²) in [6.45, 7) is 3.33. The van der Waals surface area contributed by atoms with E-state index >= 15 is 0 Å². The molecule has 0 radical (unpaired) electrons. The minimum absolute atomic E-state index is 0.304. The lowest BCUT2D eigenvalue weighted by atomic mass is 9.72. The maximum absolute atomic E-state index is 13.1. The first-order valence-corrected chi connectivity index (χ1v) is 10.8. The van der Waals surface area contributed by atoms with Crippen molar-refractivity contribution in [3.8, 4) is 0 Å². The molecule has 0 aromatic heterocycles. The van der Waals surface area contributed by atoms with Crippen LogP contribution in [-0.4, -0.2) is 29.3 Å². The minimum atomic E-state index is -1.18. The summed E-state index contributed by atoms with van der Waals surface area (Å²) in [5.74, 6) is -0.761. The van der Waals surface area contributed by atoms with Crippen molar-refractivity contribution in [2.24, 2.45) is 0 Å². The van der Waals surface area contributed by atoms with E-state index < -0.39 is 23.0 Å². The van der Waals surface area contributed by atoms with Gasteiger partial charge in [0.15, 0.2) is 0 Å². The number of imide groups is 1. The number of nitrogens with one attached hydrogen (secondary N) is 2. The molecule has 0 bridgehead atoms. The second-order valence-electron chi connectivity index (χ2n) is 8.31. The van der Waals surface area contributed by atoms with Crippen LogP contribution in [0.5, 0.6) is 0 Å². The van der Waals surface area contributed by atoms with Crippen molar-refractivity contribution < 1.29 is 14.4 Å². The smallest absolute Gasteiger partial charge is 0.325 e. The van der Waals surface area contributed by atoms with Gasteiger partial charge in [0.25, 0.3) is 5.91 Å². The van der Waals surface area contributed by atoms with Crippen molar-refractivity contribution in [1.82, 2.24) is 15.5 Å². The van der Waals surface area contributed by atoms with E-state index in [4.69, 9.17) is 0 Å². The van der Waals surface area contributed by atoms with Crippen LogP contribution in [0.15, 0.2) is 53.0 Å². The summed E-state index contributed by atoms with van der Waals surface area (Å²) in [6.07, 6.45) is 2.67. The lowest BCUT2D eigenvalue weighted by Crippen LogP contribution is -2.54. The van der Waals surface area contributed by atoms with Crippen molar-refractivity contribution in [3.05, 3.63) is 69.7 Å². The highest BCUT2D eigenvalue weighted by molar-refractivity contribution is 9.10. The van der Waals surface area contributed by atoms with Crippen molar-refractivity contribution in [3.63, 3.8) is 0 Å². The largest absolute Gasteiger partial charge is 0.345 e. The van der Waals surface area contributed by atoms with Gasteiger partial charge in [0, 0.05) is 4.47 Å². The molecule has 1 aliphatic heterocycles. The molecule has 7 heteroatoms. The van der Waals surface area contributed by atoms with E-state index in [9.17, 15) is 14.4 Å². The predicted molar refractivity (Wildman–Crippen MR) is 117 cm³/mol. The third-order valence-electron chi connectivity index (χ3n) is 6.17. The SMILES string of the molecule is Cc1ccc(C2(C)NC(=O)N(CC(=O)NC3(c4cccc(Br)c4)CCC3)C2=O)cc1. The van der Waals surface area contributed by atoms with Gasteiger partial charge in [-0.15, -0.1) is 0 Å². The number of amides is 4. The highest BCUT2D eigenvalue weighted by Crippen LogP contribution is 2.42. The van der Waals surface area contributed by atoms with E-state index in [2.05, 4.69) is 26.6 Å². The molecule has 2 aromatic rings. The quantitative estimate of drug-likeness (QED) is 0.654. The van der Waals surface area contributed by atoms with Crippen molar-refractivity contribution in [1.29, 1.82) is 0 Å². The average molecular weight is 470 g/mol. The first-order chi connectivity index (χ1) is 14.2. The Morgan fingerprint density at radius 1 is 1.13 bits per heavy atom. The van der Waals surface area contributed by atoms with Crippen LogP contribution in [-0.2, 0) is 20.7 Å². The minimum Gasteiger partial charge on any atom is -0.345 e. The molecule has 1 aliphatic carbocycles. The van der Waals surface area contributed by atoms with Crippen molar-refractivity contribution >= 4 is 33.8 Å². The maximum Gasteiger partial charge on any atom is 0.325 e. The Morgan fingerprint density at radius 3 is 2.43 bits per heavy atom. The number of hydrogen-bond acceptors (Lipinski definition) is 3. The fourth-order valence-electron chi connectivity index (χ4n) is 4.18. The van der Waals surface area contributed by atoms with Crippen molar-refractivity contribution in [2.45, 2.75) is 44.2 Å². The van der Waals surface area contributed by atoms with Gasteiger partial charge in [-0.05, 0) is 56.4 Å². The van der Waals surface area contributed by atoms with Crippen LogP contribution in [0.4, 0.5) is 4.79 Å². The Bertz CT molecular complexity index is 1020. The van der Waals surface area contributed by atoms with E-state index in [-0.39, 0.29) is 12.5 Å². The Kier molecular flexibility index (Phi) is 5.18. The van der Waals surface area contributed by atoms with Gasteiger partial charge >= 0.3 is 6.03 Å². The normalized spacial score (nSPS) is 22.4. The van der Waals surface area contributed by atoms with Gasteiger partial charge in [-0.25, -0.2) is 4.79 Å². The summed E-state index contributed by atoms with van der Waals surface area (Å²) in [4.78, 5) is 39.5. The number of aryl methyl sites for hydroxylation is 1. The van der Waals surface area contributed by atoms with E-state index in [0.29, 0.717) is 5.56 Å². The number of carbonyl (C=O) groups excluding carboxylic acids is 3. The molecular formula is C23H24BrN3O3. The summed E-state index contributed by atoms with van der Waals surface area (Å²) >= 11 is 3.48. The summed E-state index contributed by atoms with van der Waals surface area (Å²) in [5, 5.41) is 5.83. The van der Waals surface area contributed by atoms with Gasteiger partial charge in [-0.1, -0.05) is 57.9 Å². The monoisotopic (exact) mass is 469 g/mol. The van der Waals surface area contributed by atoms with Gasteiger partial charge in [-0.2, -0.15) is 0 Å². The van der Waals surface area contributed by atoms with Crippen molar-refractivity contribution in [2.75, 3.05) is 6.54 Å². The maximum atomic E-state index is 13.1. The zero-order valence-corrected chi connectivity index (χ0v) is 18.6. The zero-order chi connectivity index (χ0) is 21.5. The first-order valence-electron chi connectivity index (χ1n) is 10.0. The summed E-state index contributed by atoms with van der Waals surface area (Å²) in [6, 6.07) is 14.8. The number of carbonyl (C=O) groups is 3. The molecule has 1 heterocycles. The molecule has 1 saturated heterocycles. The molecule has 2 aliphatic rings. The fourth-order valence-corrected chi connectivity index (χ4v) is 4.57. The molecule has 2 fully saturated rings. The second kappa shape index (κ2) is 7.54. The molecule has 4 rings (SSSR count). The highest BCUT2D eigenvalue weighted by atomic mass is 79.9. The molecule has 1 saturated carbocycles. The van der Waals surface area contributed by atoms with Crippen LogP contribution >= 0.6 is 15.9 Å². The van der Waals surface area contributed by atoms with E-state index in [1.54, 1.807) is 6.92 Å². The van der Waals surface area contributed by atoms with Gasteiger partial charge < -0.3 is 10.6 Å². The number of benzene rings is 2. The molecule has 2 aromatic carbocycles. The van der Waals surface area contributed by atoms with Crippen LogP contribution in [0.2, 0.25) is 0 Å². The molecule has 4 amide bonds. The van der Waals surface area contributed by atoms with E-state index in [0.717, 1.165) is 39.8 Å². The number of rotatable bonds is 5. The van der Waals surface area contributed by atoms with Gasteiger partial charge in [0.2, 0.25) is 5.91 Å². The zero-order valence-electron chi connectivity index (χ0n) is 17.0. The number of hydrogen-bond donors (Lipinski definition) is 2. The molecular weight excluding hydrogens is 446 g/mol. The molecule has 30 heavy (non-hydrogen) atoms. The standard InChI is InChI=1S/C23H24BrN3O3/c1-15-7-9-16(10-8-15)22(2)20(29)27(21(30)26-22)14-19(28)25-23(11-4-12-23)17-5-3-6-18(24)13-17/h3,5-10,13H,4,11-12,14H2,1-2H3,(H,25,28)(H,26,30). The van der Waals surface area contributed by atoms with Crippen LogP contribution in [0.1, 0.15) is 42.9 Å². The Balaban J connectivity index is 1.50. The molecule has 0 spiro atoms. The van der Waals surface area contributed by atoms with Gasteiger partial charge in [0.1, 0.15) is 12.1 Å². The lowest BCUT2D eigenvalue weighted by molar-refractivity contribution is -0.135. The first kappa shape index (κ1) is 20.6.